The first-order valence-corrected chi connectivity index (χ1v) is 13.0. The first-order valence-electron chi connectivity index (χ1n) is 13.0. The summed E-state index contributed by atoms with van der Waals surface area (Å²) in [7, 11) is 0. The first kappa shape index (κ1) is 26.1. The molecule has 1 aliphatic heterocycles. The second-order valence-electron chi connectivity index (χ2n) is 10.1. The maximum atomic E-state index is 12.7. The highest BCUT2D eigenvalue weighted by Gasteiger charge is 2.48. The van der Waals surface area contributed by atoms with Crippen LogP contribution in [0.3, 0.4) is 0 Å². The number of nitrogens with one attached hydrogen (secondary N) is 2. The number of hydrogen-bond acceptors (Lipinski definition) is 5. The molecule has 2 aromatic rings. The van der Waals surface area contributed by atoms with Gasteiger partial charge < -0.3 is 5.11 Å². The van der Waals surface area contributed by atoms with E-state index in [1.807, 2.05) is 42.5 Å². The molecule has 1 saturated heterocycles. The van der Waals surface area contributed by atoms with E-state index in [2.05, 4.69) is 22.3 Å². The molecule has 1 atom stereocenters. The highest BCUT2D eigenvalue weighted by molar-refractivity contribution is 5.90. The molecule has 4 rings (SSSR count). The lowest BCUT2D eigenvalue weighted by Gasteiger charge is -2.39. The molecule has 1 amide bonds. The third kappa shape index (κ3) is 6.22. The number of carboxylic acid groups (broad SMARTS) is 1. The fourth-order valence-corrected chi connectivity index (χ4v) is 5.77. The van der Waals surface area contributed by atoms with Crippen LogP contribution in [-0.4, -0.2) is 46.7 Å². The molecule has 0 aromatic heterocycles. The molecule has 7 heteroatoms. The summed E-state index contributed by atoms with van der Waals surface area (Å²) in [5.41, 5.74) is 3.56. The van der Waals surface area contributed by atoms with Gasteiger partial charge in [0.1, 0.15) is 5.54 Å². The second kappa shape index (κ2) is 12.3. The molecule has 36 heavy (non-hydrogen) atoms. The van der Waals surface area contributed by atoms with Gasteiger partial charge in [0.25, 0.3) is 5.91 Å². The van der Waals surface area contributed by atoms with Gasteiger partial charge in [-0.3, -0.25) is 20.2 Å². The van der Waals surface area contributed by atoms with Gasteiger partial charge in [-0.1, -0.05) is 67.4 Å². The van der Waals surface area contributed by atoms with Gasteiger partial charge in [0.2, 0.25) is 0 Å². The van der Waals surface area contributed by atoms with Crippen LogP contribution in [0.5, 0.6) is 0 Å². The van der Waals surface area contributed by atoms with Crippen molar-refractivity contribution in [3.8, 4) is 0 Å². The van der Waals surface area contributed by atoms with E-state index in [1.165, 1.54) is 11.6 Å². The minimum atomic E-state index is -1.01. The number of carbonyl (C=O) groups is 2. The molecule has 4 N–H and O–H groups in total. The van der Waals surface area contributed by atoms with Crippen LogP contribution in [0, 0.1) is 11.8 Å². The lowest BCUT2D eigenvalue weighted by molar-refractivity contribution is -0.148. The molecule has 1 aliphatic carbocycles. The van der Waals surface area contributed by atoms with Gasteiger partial charge in [-0.05, 0) is 79.9 Å². The Morgan fingerprint density at radius 2 is 1.64 bits per heavy atom. The average molecular weight is 492 g/mol. The van der Waals surface area contributed by atoms with E-state index in [4.69, 9.17) is 5.21 Å². The molecule has 192 valence electrons. The van der Waals surface area contributed by atoms with E-state index in [0.29, 0.717) is 12.5 Å². The SMILES string of the molecule is O=C(/C=C/c1ccc(CN2CCC(CN[C@](C(=O)O)(c3ccccc3)C3CCCC3)CC2)cc1)NO. The zero-order chi connectivity index (χ0) is 25.4. The molecule has 7 nitrogen and oxygen atoms in total. The van der Waals surface area contributed by atoms with E-state index < -0.39 is 17.4 Å². The van der Waals surface area contributed by atoms with Crippen LogP contribution in [0.15, 0.2) is 60.7 Å². The zero-order valence-electron chi connectivity index (χ0n) is 20.7. The summed E-state index contributed by atoms with van der Waals surface area (Å²) < 4.78 is 0. The number of piperidine rings is 1. The van der Waals surface area contributed by atoms with Crippen LogP contribution in [0.2, 0.25) is 0 Å². The van der Waals surface area contributed by atoms with Gasteiger partial charge in [0, 0.05) is 12.6 Å². The van der Waals surface area contributed by atoms with Crippen molar-refractivity contribution in [3.63, 3.8) is 0 Å². The fraction of sp³-hybridized carbons (Fsp3) is 0.448. The van der Waals surface area contributed by atoms with E-state index in [9.17, 15) is 14.7 Å². The molecule has 1 saturated carbocycles. The Balaban J connectivity index is 1.32. The van der Waals surface area contributed by atoms with Crippen LogP contribution < -0.4 is 10.8 Å². The van der Waals surface area contributed by atoms with Crippen molar-refractivity contribution in [3.05, 3.63) is 77.4 Å². The van der Waals surface area contributed by atoms with Crippen molar-refractivity contribution in [2.24, 2.45) is 11.8 Å². The van der Waals surface area contributed by atoms with E-state index in [1.54, 1.807) is 11.6 Å². The quantitative estimate of drug-likeness (QED) is 0.226. The standard InChI is InChI=1S/C29H37N3O4/c33-27(31-36)15-14-22-10-12-24(13-11-22)21-32-18-16-23(17-19-32)20-30-29(28(34)35,26-8-4-5-9-26)25-6-2-1-3-7-25/h1-3,6-7,10-15,23,26,30,36H,4-5,8-9,16-21H2,(H,31,33)(H,34,35)/b15-14+/t29-/m1/s1. The van der Waals surface area contributed by atoms with Gasteiger partial charge in [0.05, 0.1) is 0 Å². The van der Waals surface area contributed by atoms with Crippen LogP contribution >= 0.6 is 0 Å². The molecule has 1 heterocycles. The van der Waals surface area contributed by atoms with Crippen LogP contribution in [-0.2, 0) is 21.7 Å². The normalized spacial score (nSPS) is 19.4. The minimum Gasteiger partial charge on any atom is -0.480 e. The number of amides is 1. The van der Waals surface area contributed by atoms with Gasteiger partial charge in [-0.25, -0.2) is 10.3 Å². The first-order chi connectivity index (χ1) is 17.5. The Morgan fingerprint density at radius 1 is 0.972 bits per heavy atom. The summed E-state index contributed by atoms with van der Waals surface area (Å²) in [6, 6.07) is 17.8. The van der Waals surface area contributed by atoms with E-state index in [0.717, 1.165) is 69.3 Å². The van der Waals surface area contributed by atoms with E-state index in [-0.39, 0.29) is 5.92 Å². The third-order valence-electron chi connectivity index (χ3n) is 7.83. The number of hydrogen-bond donors (Lipinski definition) is 4. The van der Waals surface area contributed by atoms with Gasteiger partial charge >= 0.3 is 5.97 Å². The fourth-order valence-electron chi connectivity index (χ4n) is 5.77. The largest absolute Gasteiger partial charge is 0.480 e. The number of hydroxylamine groups is 1. The van der Waals surface area contributed by atoms with Crippen LogP contribution in [0.25, 0.3) is 6.08 Å². The molecule has 2 aromatic carbocycles. The van der Waals surface area contributed by atoms with Crippen molar-refractivity contribution in [2.45, 2.75) is 50.6 Å². The summed E-state index contributed by atoms with van der Waals surface area (Å²) in [4.78, 5) is 26.3. The molecule has 0 unspecified atom stereocenters. The van der Waals surface area contributed by atoms with Crippen molar-refractivity contribution in [1.29, 1.82) is 0 Å². The van der Waals surface area contributed by atoms with Gasteiger partial charge in [-0.15, -0.1) is 0 Å². The summed E-state index contributed by atoms with van der Waals surface area (Å²) in [5.74, 6) is -0.735. The van der Waals surface area contributed by atoms with Gasteiger partial charge in [0.15, 0.2) is 0 Å². The lowest BCUT2D eigenvalue weighted by atomic mass is 9.76. The summed E-state index contributed by atoms with van der Waals surface area (Å²) >= 11 is 0. The topological polar surface area (TPSA) is 102 Å². The van der Waals surface area contributed by atoms with Gasteiger partial charge in [-0.2, -0.15) is 0 Å². The summed E-state index contributed by atoms with van der Waals surface area (Å²) in [6.45, 7) is 3.55. The molecule has 0 radical (unpaired) electrons. The Hall–Kier alpha value is -3.00. The molecule has 2 aliphatic rings. The average Bonchev–Trinajstić information content (AvgIpc) is 3.45. The predicted molar refractivity (Wildman–Crippen MR) is 139 cm³/mol. The van der Waals surface area contributed by atoms with Crippen molar-refractivity contribution in [1.82, 2.24) is 15.7 Å². The molecule has 2 fully saturated rings. The lowest BCUT2D eigenvalue weighted by Crippen LogP contribution is -2.55. The van der Waals surface area contributed by atoms with E-state index >= 15 is 0 Å². The highest BCUT2D eigenvalue weighted by Crippen LogP contribution is 2.41. The van der Waals surface area contributed by atoms with Crippen LogP contribution in [0.4, 0.5) is 0 Å². The number of likely N-dealkylation sites (tertiary alicyclic amines) is 1. The Morgan fingerprint density at radius 3 is 2.25 bits per heavy atom. The molecular weight excluding hydrogens is 454 g/mol. The third-order valence-corrected chi connectivity index (χ3v) is 7.83. The number of carboxylic acids is 1. The predicted octanol–water partition coefficient (Wildman–Crippen LogP) is 4.18. The van der Waals surface area contributed by atoms with Crippen molar-refractivity contribution in [2.75, 3.05) is 19.6 Å². The smallest absolute Gasteiger partial charge is 0.328 e. The number of carbonyl (C=O) groups excluding carboxylic acids is 1. The zero-order valence-corrected chi connectivity index (χ0v) is 20.7. The minimum absolute atomic E-state index is 0.119. The number of nitrogens with zero attached hydrogens (tertiary/aromatic N) is 1. The maximum absolute atomic E-state index is 12.7. The Bertz CT molecular complexity index is 1030. The van der Waals surface area contributed by atoms with Crippen LogP contribution in [0.1, 0.15) is 55.2 Å². The number of rotatable bonds is 10. The highest BCUT2D eigenvalue weighted by atomic mass is 16.5. The maximum Gasteiger partial charge on any atom is 0.328 e. The Labute approximate surface area is 213 Å². The molecule has 0 bridgehead atoms. The second-order valence-corrected chi connectivity index (χ2v) is 10.1. The monoisotopic (exact) mass is 491 g/mol. The van der Waals surface area contributed by atoms with Crippen molar-refractivity contribution < 1.29 is 19.9 Å². The Kier molecular flexibility index (Phi) is 8.91. The molecule has 0 spiro atoms. The number of aliphatic carboxylic acids is 1. The molecular formula is C29H37N3O4. The summed E-state index contributed by atoms with van der Waals surface area (Å²) in [5, 5.41) is 22.6. The number of benzene rings is 2. The van der Waals surface area contributed by atoms with Crippen molar-refractivity contribution >= 4 is 18.0 Å². The summed E-state index contributed by atoms with van der Waals surface area (Å²) in [6.07, 6.45) is 9.14.